The second kappa shape index (κ2) is 30.8. The molecule has 76 heavy (non-hydrogen) atoms. The minimum atomic E-state index is -1.77. The molecule has 1 aliphatic carbocycles. The van der Waals surface area contributed by atoms with Gasteiger partial charge in [-0.2, -0.15) is 0 Å². The summed E-state index contributed by atoms with van der Waals surface area (Å²) in [4.78, 5) is 154. The lowest BCUT2D eigenvalue weighted by Gasteiger charge is -2.36. The first-order chi connectivity index (χ1) is 36.1. The molecule has 2 aromatic rings. The van der Waals surface area contributed by atoms with E-state index in [0.29, 0.717) is 24.0 Å². The molecule has 1 heterocycles. The van der Waals surface area contributed by atoms with Gasteiger partial charge in [-0.1, -0.05) is 102 Å². The molecule has 0 bridgehead atoms. The molecule has 1 saturated heterocycles. The predicted molar refractivity (Wildman–Crippen MR) is 284 cm³/mol. The van der Waals surface area contributed by atoms with E-state index in [0.717, 1.165) is 35.0 Å². The third-order valence-electron chi connectivity index (χ3n) is 12.3. The molecule has 11 amide bonds. The van der Waals surface area contributed by atoms with E-state index in [1.54, 1.807) is 60.7 Å². The van der Waals surface area contributed by atoms with Crippen molar-refractivity contribution in [2.24, 2.45) is 33.7 Å². The van der Waals surface area contributed by atoms with Gasteiger partial charge >= 0.3 is 0 Å². The maximum absolute atomic E-state index is 14.5. The first-order valence-corrected chi connectivity index (χ1v) is 27.1. The number of amides is 11. The molecule has 0 aromatic heterocycles. The highest BCUT2D eigenvalue weighted by Gasteiger charge is 2.39. The molecule has 17 N–H and O–H groups in total. The van der Waals surface area contributed by atoms with Gasteiger partial charge in [0, 0.05) is 49.8 Å². The molecule has 1 saturated carbocycles. The van der Waals surface area contributed by atoms with Gasteiger partial charge in [-0.25, -0.2) is 0 Å². The molecule has 27 heteroatoms. The lowest BCUT2D eigenvalue weighted by molar-refractivity contribution is -0.139. The van der Waals surface area contributed by atoms with E-state index in [1.807, 2.05) is 0 Å². The summed E-state index contributed by atoms with van der Waals surface area (Å²) >= 11 is 0. The lowest BCUT2D eigenvalue weighted by atomic mass is 9.85. The van der Waals surface area contributed by atoms with Crippen molar-refractivity contribution in [3.63, 3.8) is 0 Å². The monoisotopic (exact) mass is 1090 g/mol. The minimum absolute atomic E-state index is 0.00623. The highest BCUT2D eigenvalue weighted by molar-refractivity contribution is 8.77. The zero-order valence-corrected chi connectivity index (χ0v) is 44.0. The van der Waals surface area contributed by atoms with Crippen molar-refractivity contribution in [2.75, 3.05) is 32.4 Å². The Morgan fingerprint density at radius 1 is 0.711 bits per heavy atom. The third kappa shape index (κ3) is 21.4. The summed E-state index contributed by atoms with van der Waals surface area (Å²) in [5.74, 6) is -9.70. The van der Waals surface area contributed by atoms with Crippen LogP contribution in [0.5, 0.6) is 0 Å². The van der Waals surface area contributed by atoms with Gasteiger partial charge in [0.05, 0.1) is 19.5 Å². The van der Waals surface area contributed by atoms with Crippen LogP contribution in [-0.4, -0.2) is 149 Å². The Bertz CT molecular complexity index is 2410. The normalized spacial score (nSPS) is 21.1. The van der Waals surface area contributed by atoms with Gasteiger partial charge in [0.25, 0.3) is 0 Å². The largest absolute Gasteiger partial charge is 0.370 e. The van der Waals surface area contributed by atoms with Gasteiger partial charge in [-0.3, -0.25) is 57.7 Å². The Balaban J connectivity index is 1.74. The van der Waals surface area contributed by atoms with Gasteiger partial charge in [0.2, 0.25) is 65.0 Å². The second-order valence-electron chi connectivity index (χ2n) is 18.7. The van der Waals surface area contributed by atoms with E-state index >= 15 is 0 Å². The number of likely N-dealkylation sites (N-methyl/N-ethyl adjacent to an activating group) is 1. The molecular formula is C49H70N14O11S2. The van der Waals surface area contributed by atoms with E-state index in [4.69, 9.17) is 28.7 Å². The van der Waals surface area contributed by atoms with Crippen LogP contribution in [0.4, 0.5) is 0 Å². The average molecular weight is 1100 g/mol. The zero-order valence-electron chi connectivity index (χ0n) is 42.3. The molecule has 2 aliphatic rings. The SMILES string of the molecule is CN(CC(=O)N[C@@H](CCCN=C(N)N)C(=O)NCC(N)=O)C(=O)C1CSSC2(CCCCC2)CC(=O)NC(Cc2ccccc2)C(=O)N[C@@H](Cc2ccccc2)C(=O)N[C@@H](CCC(N)=O)C(=O)NC(CC(N)=O)C(=O)N1. The number of primary amides is 3. The van der Waals surface area contributed by atoms with Crippen LogP contribution in [0.25, 0.3) is 0 Å². The van der Waals surface area contributed by atoms with Gasteiger partial charge in [-0.05, 0) is 43.2 Å². The van der Waals surface area contributed by atoms with E-state index in [-0.39, 0.29) is 50.4 Å². The van der Waals surface area contributed by atoms with Crippen LogP contribution < -0.4 is 65.9 Å². The van der Waals surface area contributed by atoms with Gasteiger partial charge in [0.1, 0.15) is 36.3 Å². The predicted octanol–water partition coefficient (Wildman–Crippen LogP) is -2.88. The number of benzene rings is 2. The van der Waals surface area contributed by atoms with Crippen LogP contribution in [-0.2, 0) is 65.6 Å². The smallest absolute Gasteiger partial charge is 0.246 e. The van der Waals surface area contributed by atoms with Crippen LogP contribution >= 0.6 is 21.6 Å². The van der Waals surface area contributed by atoms with E-state index in [1.165, 1.54) is 17.8 Å². The average Bonchev–Trinajstić information content (AvgIpc) is 3.36. The van der Waals surface area contributed by atoms with Crippen molar-refractivity contribution in [1.29, 1.82) is 0 Å². The lowest BCUT2D eigenvalue weighted by Crippen LogP contribution is -2.60. The van der Waals surface area contributed by atoms with E-state index < -0.39 is 138 Å². The fourth-order valence-corrected chi connectivity index (χ4v) is 11.8. The molecule has 0 radical (unpaired) electrons. The molecule has 3 unspecified atom stereocenters. The Labute approximate surface area is 448 Å². The Kier molecular flexibility index (Phi) is 24.8. The Hall–Kier alpha value is -7.42. The van der Waals surface area contributed by atoms with Crippen molar-refractivity contribution in [2.45, 2.75) is 124 Å². The standard InChI is InChI=1S/C49H70N14O11S2/c1-63(27-41(68)57-31(16-11-21-55-48(53)54)42(69)56-26-39(52)66)47(74)36-28-75-76-49(19-9-4-10-20-49)25-40(67)58-33(22-29-12-5-2-6-13-29)44(71)60-34(23-30-14-7-3-8-15-30)45(72)59-32(17-18-37(50)64)43(70)61-35(24-38(51)65)46(73)62-36/h2-3,5-8,12-15,31-36H,4,9-11,16-28H2,1H3,(H2,50,64)(H2,51,65)(H2,52,66)(H,56,69)(H,57,68)(H,58,67)(H,59,72)(H,60,71)(H,61,70)(H,62,73)(H4,53,54,55)/t31-,32-,33?,34-,35?,36?/m0/s1. The number of nitrogens with two attached hydrogens (primary N) is 5. The maximum atomic E-state index is 14.5. The summed E-state index contributed by atoms with van der Waals surface area (Å²) in [6.45, 7) is -1.09. The number of nitrogens with one attached hydrogen (secondary N) is 7. The summed E-state index contributed by atoms with van der Waals surface area (Å²) in [5.41, 5.74) is 28.4. The molecule has 2 aromatic carbocycles. The van der Waals surface area contributed by atoms with Crippen molar-refractivity contribution >= 4 is 92.5 Å². The van der Waals surface area contributed by atoms with Crippen LogP contribution in [0.3, 0.4) is 0 Å². The number of nitrogens with zero attached hydrogens (tertiary/aromatic N) is 2. The Morgan fingerprint density at radius 3 is 1.83 bits per heavy atom. The molecule has 1 aliphatic heterocycles. The second-order valence-corrected chi connectivity index (χ2v) is 21.5. The summed E-state index contributed by atoms with van der Waals surface area (Å²) in [6, 6.07) is 8.97. The van der Waals surface area contributed by atoms with Crippen LogP contribution in [0.1, 0.15) is 81.8 Å². The fraction of sp³-hybridized carbons (Fsp3) is 0.510. The zero-order chi connectivity index (χ0) is 55.8. The fourth-order valence-electron chi connectivity index (χ4n) is 8.47. The molecule has 2 fully saturated rings. The number of aliphatic imine (C=N–C) groups is 1. The summed E-state index contributed by atoms with van der Waals surface area (Å²) in [6.07, 6.45) is 2.03. The topological polar surface area (TPSA) is 418 Å². The molecule has 414 valence electrons. The highest BCUT2D eigenvalue weighted by atomic mass is 33.1. The van der Waals surface area contributed by atoms with Crippen molar-refractivity contribution in [1.82, 2.24) is 42.1 Å². The first kappa shape index (κ1) is 61.1. The number of hydrogen-bond donors (Lipinski definition) is 12. The first-order valence-electron chi connectivity index (χ1n) is 24.7. The summed E-state index contributed by atoms with van der Waals surface area (Å²) in [5, 5.41) is 18.2. The molecule has 1 spiro atoms. The maximum Gasteiger partial charge on any atom is 0.246 e. The minimum Gasteiger partial charge on any atom is -0.370 e. The number of guanidine groups is 1. The molecule has 6 atom stereocenters. The number of rotatable bonds is 20. The van der Waals surface area contributed by atoms with Crippen LogP contribution in [0.15, 0.2) is 65.7 Å². The number of carbonyl (C=O) groups is 11. The van der Waals surface area contributed by atoms with E-state index in [9.17, 15) is 52.7 Å². The van der Waals surface area contributed by atoms with Crippen molar-refractivity contribution in [3.8, 4) is 0 Å². The summed E-state index contributed by atoms with van der Waals surface area (Å²) < 4.78 is -0.728. The van der Waals surface area contributed by atoms with Crippen LogP contribution in [0, 0.1) is 0 Å². The van der Waals surface area contributed by atoms with E-state index in [2.05, 4.69) is 42.2 Å². The third-order valence-corrected chi connectivity index (χ3v) is 15.6. The number of carbonyl (C=O) groups excluding carboxylic acids is 11. The van der Waals surface area contributed by atoms with Crippen LogP contribution in [0.2, 0.25) is 0 Å². The van der Waals surface area contributed by atoms with Crippen molar-refractivity contribution in [3.05, 3.63) is 71.8 Å². The molecule has 4 rings (SSSR count). The van der Waals surface area contributed by atoms with Gasteiger partial charge < -0.3 is 70.8 Å². The van der Waals surface area contributed by atoms with Crippen molar-refractivity contribution < 1.29 is 52.7 Å². The summed E-state index contributed by atoms with van der Waals surface area (Å²) in [7, 11) is 3.74. The quantitative estimate of drug-likeness (QED) is 0.0274. The van der Waals surface area contributed by atoms with Gasteiger partial charge in [-0.15, -0.1) is 0 Å². The number of hydrogen-bond acceptors (Lipinski definition) is 14. The molecule has 25 nitrogen and oxygen atoms in total. The Morgan fingerprint density at radius 2 is 1.26 bits per heavy atom. The highest BCUT2D eigenvalue weighted by Crippen LogP contribution is 2.48. The van der Waals surface area contributed by atoms with Gasteiger partial charge in [0.15, 0.2) is 5.96 Å². The molecular weight excluding hydrogens is 1020 g/mol.